The molecule has 2 atom stereocenters. The molecule has 2 fully saturated rings. The summed E-state index contributed by atoms with van der Waals surface area (Å²) >= 11 is 19.6. The second-order valence-electron chi connectivity index (χ2n) is 10.4. The largest absolute Gasteiger partial charge is 0.489 e. The van der Waals surface area contributed by atoms with E-state index in [1.807, 2.05) is 23.1 Å². The SMILES string of the molecule is O=C(O)c1cncc(N2CCC(O)(c3ccc(OCc4c(C5=CC(Cl)C=CC=C5Cl)noc4C4CC4)cc3Cl)C2)c1. The molecule has 3 aromatic rings. The van der Waals surface area contributed by atoms with Gasteiger partial charge in [0.15, 0.2) is 0 Å². The molecule has 0 radical (unpaired) electrons. The zero-order chi connectivity index (χ0) is 28.7. The van der Waals surface area contributed by atoms with Crippen molar-refractivity contribution in [1.82, 2.24) is 10.1 Å². The molecule has 3 heterocycles. The molecule has 1 saturated carbocycles. The van der Waals surface area contributed by atoms with E-state index in [9.17, 15) is 15.0 Å². The topological polar surface area (TPSA) is 109 Å². The van der Waals surface area contributed by atoms with Gasteiger partial charge in [-0.15, -0.1) is 11.6 Å². The number of anilines is 1. The molecule has 2 aliphatic carbocycles. The van der Waals surface area contributed by atoms with Crippen LogP contribution in [0.5, 0.6) is 5.75 Å². The average molecular weight is 615 g/mol. The third-order valence-electron chi connectivity index (χ3n) is 7.55. The van der Waals surface area contributed by atoms with E-state index in [0.717, 1.165) is 24.2 Å². The number of aromatic nitrogens is 2. The minimum atomic E-state index is -1.23. The van der Waals surface area contributed by atoms with E-state index in [1.165, 1.54) is 6.20 Å². The van der Waals surface area contributed by atoms with E-state index >= 15 is 0 Å². The van der Waals surface area contributed by atoms with Crippen LogP contribution < -0.4 is 9.64 Å². The molecule has 2 unspecified atom stereocenters. The van der Waals surface area contributed by atoms with Crippen molar-refractivity contribution in [2.24, 2.45) is 0 Å². The predicted molar refractivity (Wildman–Crippen MR) is 157 cm³/mol. The Morgan fingerprint density at radius 2 is 2.05 bits per heavy atom. The molecular weight excluding hydrogens is 589 g/mol. The van der Waals surface area contributed by atoms with E-state index in [2.05, 4.69) is 10.1 Å². The van der Waals surface area contributed by atoms with E-state index in [0.29, 0.717) is 57.2 Å². The van der Waals surface area contributed by atoms with Crippen LogP contribution >= 0.6 is 34.8 Å². The smallest absolute Gasteiger partial charge is 0.337 e. The number of carboxylic acids is 1. The van der Waals surface area contributed by atoms with Crippen molar-refractivity contribution in [2.75, 3.05) is 18.0 Å². The number of hydrogen-bond donors (Lipinski definition) is 2. The summed E-state index contributed by atoms with van der Waals surface area (Å²) < 4.78 is 11.9. The normalized spacial score (nSPS) is 22.3. The highest BCUT2D eigenvalue weighted by Gasteiger charge is 2.40. The summed E-state index contributed by atoms with van der Waals surface area (Å²) in [6.45, 7) is 0.945. The highest BCUT2D eigenvalue weighted by molar-refractivity contribution is 6.37. The zero-order valence-corrected chi connectivity index (χ0v) is 24.0. The number of β-amino-alcohol motifs (C(OH)–C–C–N with tert-alkyl or cyclic N) is 1. The van der Waals surface area contributed by atoms with Crippen LogP contribution in [-0.4, -0.2) is 44.8 Å². The summed E-state index contributed by atoms with van der Waals surface area (Å²) in [7, 11) is 0. The molecule has 2 aromatic heterocycles. The molecule has 0 amide bonds. The Kier molecular flexibility index (Phi) is 7.59. The van der Waals surface area contributed by atoms with Crippen LogP contribution in [0.15, 0.2) is 70.5 Å². The van der Waals surface area contributed by atoms with Crippen LogP contribution in [0, 0.1) is 0 Å². The number of benzene rings is 1. The van der Waals surface area contributed by atoms with Crippen molar-refractivity contribution in [2.45, 2.75) is 42.8 Å². The van der Waals surface area contributed by atoms with Crippen molar-refractivity contribution in [3.63, 3.8) is 0 Å². The number of hydrogen-bond acceptors (Lipinski definition) is 7. The van der Waals surface area contributed by atoms with Crippen molar-refractivity contribution in [3.8, 4) is 5.75 Å². The van der Waals surface area contributed by atoms with Crippen molar-refractivity contribution >= 4 is 52.0 Å². The van der Waals surface area contributed by atoms with Gasteiger partial charge in [0.05, 0.1) is 40.0 Å². The fourth-order valence-corrected chi connectivity index (χ4v) is 6.01. The van der Waals surface area contributed by atoms with Gasteiger partial charge in [0.2, 0.25) is 0 Å². The highest BCUT2D eigenvalue weighted by Crippen LogP contribution is 2.45. The fraction of sp³-hybridized carbons (Fsp3) is 0.300. The van der Waals surface area contributed by atoms with Crippen LogP contribution in [-0.2, 0) is 12.2 Å². The summed E-state index contributed by atoms with van der Waals surface area (Å²) in [5.41, 5.74) is 2.18. The maximum absolute atomic E-state index is 11.5. The molecule has 41 heavy (non-hydrogen) atoms. The second kappa shape index (κ2) is 11.2. The molecular formula is C30H26Cl3N3O5. The monoisotopic (exact) mass is 613 g/mol. The number of allylic oxidation sites excluding steroid dienone is 6. The Morgan fingerprint density at radius 3 is 2.80 bits per heavy atom. The minimum absolute atomic E-state index is 0.0889. The minimum Gasteiger partial charge on any atom is -0.489 e. The number of nitrogens with zero attached hydrogens (tertiary/aromatic N) is 3. The Balaban J connectivity index is 1.20. The Labute approximate surface area is 251 Å². The summed E-state index contributed by atoms with van der Waals surface area (Å²) in [4.78, 5) is 17.3. The van der Waals surface area contributed by atoms with Gasteiger partial charge in [0, 0.05) is 34.8 Å². The van der Waals surface area contributed by atoms with Crippen molar-refractivity contribution < 1.29 is 24.3 Å². The number of aliphatic hydroxyl groups is 1. The maximum Gasteiger partial charge on any atom is 0.337 e. The third kappa shape index (κ3) is 5.75. The number of ether oxygens (including phenoxy) is 1. The van der Waals surface area contributed by atoms with Gasteiger partial charge in [0.25, 0.3) is 0 Å². The number of aromatic carboxylic acids is 1. The molecule has 8 nitrogen and oxygen atoms in total. The third-order valence-corrected chi connectivity index (χ3v) is 8.47. The summed E-state index contributed by atoms with van der Waals surface area (Å²) in [6.07, 6.45) is 12.6. The number of rotatable bonds is 8. The van der Waals surface area contributed by atoms with Crippen LogP contribution in [0.4, 0.5) is 5.69 Å². The molecule has 0 spiro atoms. The lowest BCUT2D eigenvalue weighted by Crippen LogP contribution is -2.31. The molecule has 212 valence electrons. The fourth-order valence-electron chi connectivity index (χ4n) is 5.23. The van der Waals surface area contributed by atoms with Crippen molar-refractivity contribution in [1.29, 1.82) is 0 Å². The molecule has 0 bridgehead atoms. The van der Waals surface area contributed by atoms with Gasteiger partial charge >= 0.3 is 5.97 Å². The van der Waals surface area contributed by atoms with Crippen LogP contribution in [0.25, 0.3) is 5.57 Å². The molecule has 1 aromatic carbocycles. The van der Waals surface area contributed by atoms with Gasteiger partial charge in [-0.1, -0.05) is 52.7 Å². The first-order chi connectivity index (χ1) is 19.7. The molecule has 1 aliphatic heterocycles. The number of carbonyl (C=O) groups is 1. The Bertz CT molecular complexity index is 1600. The van der Waals surface area contributed by atoms with E-state index in [1.54, 1.807) is 36.5 Å². The van der Waals surface area contributed by atoms with Gasteiger partial charge in [-0.05, 0) is 43.5 Å². The van der Waals surface area contributed by atoms with Crippen LogP contribution in [0.2, 0.25) is 5.02 Å². The standard InChI is InChI=1S/C30H26Cl3N3O5/c31-19-2-1-3-25(32)22(11-19)27-23(28(41-35-27)17-4-5-17)15-40-21-6-7-24(26(33)12-21)30(39)8-9-36(16-30)20-10-18(29(37)38)13-34-14-20/h1-3,6-7,10-14,17,19,39H,4-5,8-9,15-16H2,(H,37,38). The first kappa shape index (κ1) is 27.8. The predicted octanol–water partition coefficient (Wildman–Crippen LogP) is 6.66. The Hall–Kier alpha value is -3.30. The van der Waals surface area contributed by atoms with Gasteiger partial charge in [0.1, 0.15) is 29.4 Å². The number of alkyl halides is 1. The van der Waals surface area contributed by atoms with Gasteiger partial charge in [-0.2, -0.15) is 0 Å². The zero-order valence-electron chi connectivity index (χ0n) is 21.8. The molecule has 3 aliphatic rings. The number of halogens is 3. The van der Waals surface area contributed by atoms with E-state index < -0.39 is 11.6 Å². The first-order valence-corrected chi connectivity index (χ1v) is 14.4. The molecule has 1 saturated heterocycles. The van der Waals surface area contributed by atoms with Crippen molar-refractivity contribution in [3.05, 3.63) is 99.2 Å². The van der Waals surface area contributed by atoms with Gasteiger partial charge < -0.3 is 24.4 Å². The molecule has 6 rings (SSSR count). The number of carboxylic acid groups (broad SMARTS) is 1. The summed E-state index contributed by atoms with van der Waals surface area (Å²) in [5, 5.41) is 25.7. The molecule has 2 N–H and O–H groups in total. The molecule has 11 heteroatoms. The van der Waals surface area contributed by atoms with Crippen LogP contribution in [0.3, 0.4) is 0 Å². The van der Waals surface area contributed by atoms with E-state index in [-0.39, 0.29) is 24.1 Å². The van der Waals surface area contributed by atoms with Gasteiger partial charge in [-0.25, -0.2) is 4.79 Å². The number of pyridine rings is 1. The summed E-state index contributed by atoms with van der Waals surface area (Å²) in [6, 6.07) is 6.77. The van der Waals surface area contributed by atoms with Gasteiger partial charge in [-0.3, -0.25) is 4.98 Å². The average Bonchev–Trinajstić information content (AvgIpc) is 3.63. The lowest BCUT2D eigenvalue weighted by atomic mass is 9.93. The quantitative estimate of drug-likeness (QED) is 0.271. The highest BCUT2D eigenvalue weighted by atomic mass is 35.5. The van der Waals surface area contributed by atoms with E-state index in [4.69, 9.17) is 44.1 Å². The first-order valence-electron chi connectivity index (χ1n) is 13.2. The maximum atomic E-state index is 11.5. The Morgan fingerprint density at radius 1 is 1.22 bits per heavy atom. The second-order valence-corrected chi connectivity index (χ2v) is 11.8. The summed E-state index contributed by atoms with van der Waals surface area (Å²) in [5.74, 6) is 0.558. The lowest BCUT2D eigenvalue weighted by Gasteiger charge is -2.26. The lowest BCUT2D eigenvalue weighted by molar-refractivity contribution is 0.0607. The van der Waals surface area contributed by atoms with Crippen LogP contribution in [0.1, 0.15) is 58.1 Å².